The van der Waals surface area contributed by atoms with Gasteiger partial charge in [0.1, 0.15) is 6.54 Å². The predicted octanol–water partition coefficient (Wildman–Crippen LogP) is -0.903. The number of nitrogens with two attached hydrogens (primary N) is 1. The molecule has 0 atom stereocenters. The highest BCUT2D eigenvalue weighted by Crippen LogP contribution is 1.98. The second-order valence-corrected chi connectivity index (χ2v) is 2.85. The van der Waals surface area contributed by atoms with E-state index in [1.54, 1.807) is 0 Å². The number of ketones is 1. The van der Waals surface area contributed by atoms with Crippen molar-refractivity contribution in [2.24, 2.45) is 5.73 Å². The summed E-state index contributed by atoms with van der Waals surface area (Å²) in [4.78, 5) is 32.8. The van der Waals surface area contributed by atoms with Crippen LogP contribution >= 0.6 is 0 Å². The summed E-state index contributed by atoms with van der Waals surface area (Å²) in [7, 11) is 1.21. The molecule has 0 fully saturated rings. The first-order valence-corrected chi connectivity index (χ1v) is 4.22. The molecule has 84 valence electrons. The number of rotatable bonds is 4. The third-order valence-electron chi connectivity index (χ3n) is 1.74. The molecule has 0 spiro atoms. The molecule has 0 aliphatic rings. The van der Waals surface area contributed by atoms with Gasteiger partial charge in [0.15, 0.2) is 5.78 Å². The van der Waals surface area contributed by atoms with Crippen molar-refractivity contribution in [2.75, 3.05) is 13.7 Å². The zero-order valence-corrected chi connectivity index (χ0v) is 8.92. The Labute approximate surface area is 87.5 Å². The molecular weight excluding hydrogens is 200 g/mol. The van der Waals surface area contributed by atoms with Gasteiger partial charge in [0.05, 0.1) is 12.8 Å². The Bertz CT molecular complexity index is 320. The molecule has 0 aliphatic carbocycles. The molecule has 0 radical (unpaired) electrons. The molecule has 3 N–H and O–H groups in total. The average molecular weight is 214 g/mol. The van der Waals surface area contributed by atoms with Crippen molar-refractivity contribution in [3.05, 3.63) is 11.3 Å². The van der Waals surface area contributed by atoms with Crippen LogP contribution in [0.4, 0.5) is 0 Å². The first-order chi connectivity index (χ1) is 6.90. The van der Waals surface area contributed by atoms with E-state index in [0.29, 0.717) is 0 Å². The van der Waals surface area contributed by atoms with E-state index < -0.39 is 11.9 Å². The molecule has 0 aliphatic heterocycles. The van der Waals surface area contributed by atoms with Crippen molar-refractivity contribution in [3.8, 4) is 0 Å². The van der Waals surface area contributed by atoms with Crippen molar-refractivity contribution in [3.63, 3.8) is 0 Å². The lowest BCUT2D eigenvalue weighted by Gasteiger charge is -2.05. The minimum Gasteiger partial charge on any atom is -0.468 e. The fourth-order valence-electron chi connectivity index (χ4n) is 0.744. The summed E-state index contributed by atoms with van der Waals surface area (Å²) in [5.74, 6) is -1.52. The van der Waals surface area contributed by atoms with Crippen molar-refractivity contribution in [2.45, 2.75) is 13.8 Å². The predicted molar refractivity (Wildman–Crippen MR) is 52.6 cm³/mol. The number of esters is 1. The maximum Gasteiger partial charge on any atom is 0.325 e. The van der Waals surface area contributed by atoms with Crippen molar-refractivity contribution in [1.29, 1.82) is 0 Å². The number of methoxy groups -OCH3 is 1. The zero-order valence-electron chi connectivity index (χ0n) is 8.92. The Morgan fingerprint density at radius 1 is 1.27 bits per heavy atom. The van der Waals surface area contributed by atoms with E-state index in [1.807, 2.05) is 0 Å². The van der Waals surface area contributed by atoms with Crippen LogP contribution in [-0.4, -0.2) is 31.3 Å². The molecule has 0 aromatic carbocycles. The van der Waals surface area contributed by atoms with Gasteiger partial charge in [-0.2, -0.15) is 0 Å². The van der Waals surface area contributed by atoms with Gasteiger partial charge in [0.25, 0.3) is 0 Å². The van der Waals surface area contributed by atoms with Gasteiger partial charge in [-0.25, -0.2) is 0 Å². The first-order valence-electron chi connectivity index (χ1n) is 4.22. The van der Waals surface area contributed by atoms with Gasteiger partial charge < -0.3 is 15.8 Å². The Kier molecular flexibility index (Phi) is 5.08. The number of hydrogen-bond donors (Lipinski definition) is 2. The van der Waals surface area contributed by atoms with Crippen LogP contribution in [0, 0.1) is 0 Å². The number of allylic oxidation sites excluding steroid dienone is 1. The van der Waals surface area contributed by atoms with E-state index in [9.17, 15) is 14.4 Å². The summed E-state index contributed by atoms with van der Waals surface area (Å²) in [6.07, 6.45) is 0. The molecule has 0 heterocycles. The Balaban J connectivity index is 4.41. The molecule has 6 nitrogen and oxygen atoms in total. The normalized spacial score (nSPS) is 11.4. The Morgan fingerprint density at radius 3 is 2.20 bits per heavy atom. The molecule has 6 heteroatoms. The fraction of sp³-hybridized carbons (Fsp3) is 0.444. The van der Waals surface area contributed by atoms with Crippen LogP contribution in [0.5, 0.6) is 0 Å². The van der Waals surface area contributed by atoms with E-state index in [2.05, 4.69) is 10.1 Å². The number of Topliss-reactive ketones (excluding diaryl/α,β-unsaturated/α-hetero) is 1. The summed E-state index contributed by atoms with van der Waals surface area (Å²) in [6.45, 7) is 2.41. The van der Waals surface area contributed by atoms with Gasteiger partial charge >= 0.3 is 5.97 Å². The first kappa shape index (κ1) is 13.2. The molecule has 0 bridgehead atoms. The lowest BCUT2D eigenvalue weighted by molar-refractivity contribution is -0.140. The lowest BCUT2D eigenvalue weighted by atomic mass is 10.2. The van der Waals surface area contributed by atoms with Crippen LogP contribution in [0.3, 0.4) is 0 Å². The SMILES string of the molecule is COC(=O)CNC(=O)/C(C)=C(/N)C(C)=O. The molecular formula is C9H14N2O4. The van der Waals surface area contributed by atoms with Gasteiger partial charge in [-0.15, -0.1) is 0 Å². The third-order valence-corrected chi connectivity index (χ3v) is 1.74. The number of carbonyl (C=O) groups excluding carboxylic acids is 3. The van der Waals surface area contributed by atoms with Gasteiger partial charge in [0, 0.05) is 12.5 Å². The van der Waals surface area contributed by atoms with Gasteiger partial charge in [-0.05, 0) is 6.92 Å². The summed E-state index contributed by atoms with van der Waals surface area (Å²) in [5, 5.41) is 2.27. The number of carbonyl (C=O) groups is 3. The lowest BCUT2D eigenvalue weighted by Crippen LogP contribution is -2.32. The molecule has 0 saturated carbocycles. The maximum atomic E-state index is 11.3. The second kappa shape index (κ2) is 5.79. The number of amides is 1. The Hall–Kier alpha value is -1.85. The quantitative estimate of drug-likeness (QED) is 0.466. The van der Waals surface area contributed by atoms with Gasteiger partial charge in [0.2, 0.25) is 5.91 Å². The number of nitrogens with one attached hydrogen (secondary N) is 1. The van der Waals surface area contributed by atoms with E-state index in [1.165, 1.54) is 21.0 Å². The van der Waals surface area contributed by atoms with Gasteiger partial charge in [-0.1, -0.05) is 0 Å². The van der Waals surface area contributed by atoms with Crippen LogP contribution in [0.1, 0.15) is 13.8 Å². The van der Waals surface area contributed by atoms with Crippen LogP contribution < -0.4 is 11.1 Å². The van der Waals surface area contributed by atoms with Crippen LogP contribution in [-0.2, 0) is 19.1 Å². The maximum absolute atomic E-state index is 11.3. The summed E-state index contributed by atoms with van der Waals surface area (Å²) in [6, 6.07) is 0. The highest BCUT2D eigenvalue weighted by Gasteiger charge is 2.12. The van der Waals surface area contributed by atoms with Gasteiger partial charge in [-0.3, -0.25) is 14.4 Å². The minimum atomic E-state index is -0.572. The largest absolute Gasteiger partial charge is 0.468 e. The Morgan fingerprint density at radius 2 is 1.80 bits per heavy atom. The molecule has 15 heavy (non-hydrogen) atoms. The van der Waals surface area contributed by atoms with E-state index in [4.69, 9.17) is 5.73 Å². The molecule has 0 saturated heterocycles. The van der Waals surface area contributed by atoms with E-state index in [-0.39, 0.29) is 23.6 Å². The standard InChI is InChI=1S/C9H14N2O4/c1-5(8(10)6(2)12)9(14)11-4-7(13)15-3/h4,10H2,1-3H3,(H,11,14)/b8-5+. The monoisotopic (exact) mass is 214 g/mol. The topological polar surface area (TPSA) is 98.5 Å². The van der Waals surface area contributed by atoms with Crippen LogP contribution in [0.25, 0.3) is 0 Å². The highest BCUT2D eigenvalue weighted by atomic mass is 16.5. The minimum absolute atomic E-state index is 0.0893. The third kappa shape index (κ3) is 4.26. The fourth-order valence-corrected chi connectivity index (χ4v) is 0.744. The van der Waals surface area contributed by atoms with Crippen LogP contribution in [0.2, 0.25) is 0 Å². The molecule has 0 aromatic heterocycles. The summed E-state index contributed by atoms with van der Waals surface area (Å²) >= 11 is 0. The molecule has 0 aromatic rings. The van der Waals surface area contributed by atoms with Crippen molar-refractivity contribution >= 4 is 17.7 Å². The molecule has 0 unspecified atom stereocenters. The van der Waals surface area contributed by atoms with Crippen LogP contribution in [0.15, 0.2) is 11.3 Å². The molecule has 1 amide bonds. The number of hydrogen-bond acceptors (Lipinski definition) is 5. The number of ether oxygens (including phenoxy) is 1. The second-order valence-electron chi connectivity index (χ2n) is 2.85. The van der Waals surface area contributed by atoms with E-state index >= 15 is 0 Å². The zero-order chi connectivity index (χ0) is 12.0. The highest BCUT2D eigenvalue weighted by molar-refractivity contribution is 6.04. The molecule has 0 rings (SSSR count). The van der Waals surface area contributed by atoms with Crippen molar-refractivity contribution in [1.82, 2.24) is 5.32 Å². The van der Waals surface area contributed by atoms with Crippen molar-refractivity contribution < 1.29 is 19.1 Å². The average Bonchev–Trinajstić information content (AvgIpc) is 2.22. The summed E-state index contributed by atoms with van der Waals surface area (Å²) < 4.78 is 4.32. The summed E-state index contributed by atoms with van der Waals surface area (Å²) in [5.41, 5.74) is 5.33. The van der Waals surface area contributed by atoms with E-state index in [0.717, 1.165) is 0 Å². The smallest absolute Gasteiger partial charge is 0.325 e.